The van der Waals surface area contributed by atoms with E-state index in [1.165, 1.54) is 17.3 Å². The highest BCUT2D eigenvalue weighted by Crippen LogP contribution is 2.40. The number of benzene rings is 1. The molecule has 0 bridgehead atoms. The van der Waals surface area contributed by atoms with E-state index >= 15 is 0 Å². The average molecular weight is 569 g/mol. The number of carbonyl (C=O) groups excluding carboxylic acids is 1. The van der Waals surface area contributed by atoms with Gasteiger partial charge in [-0.15, -0.1) is 0 Å². The molecule has 10 heteroatoms. The quantitative estimate of drug-likeness (QED) is 0.418. The normalized spacial score (nSPS) is 21.0. The first kappa shape index (κ1) is 28.0. The lowest BCUT2D eigenvalue weighted by molar-refractivity contribution is -0.128. The Bertz CT molecular complexity index is 1570. The monoisotopic (exact) mass is 568 g/mol. The van der Waals surface area contributed by atoms with Gasteiger partial charge in [0.2, 0.25) is 11.8 Å². The summed E-state index contributed by atoms with van der Waals surface area (Å²) < 4.78 is 8.36. The van der Waals surface area contributed by atoms with E-state index in [0.29, 0.717) is 50.3 Å². The maximum atomic E-state index is 12.5. The van der Waals surface area contributed by atoms with Crippen LogP contribution < -0.4 is 14.5 Å². The number of anilines is 2. The lowest BCUT2D eigenvalue weighted by atomic mass is 9.96. The predicted octanol–water partition coefficient (Wildman–Crippen LogP) is 3.41. The Morgan fingerprint density at radius 1 is 1.19 bits per heavy atom. The van der Waals surface area contributed by atoms with Crippen molar-refractivity contribution < 1.29 is 9.53 Å². The topological polar surface area (TPSA) is 93.8 Å². The zero-order valence-corrected chi connectivity index (χ0v) is 25.1. The molecule has 3 aliphatic heterocycles. The number of piperazine rings is 1. The van der Waals surface area contributed by atoms with Crippen molar-refractivity contribution in [3.63, 3.8) is 0 Å². The number of pyridine rings is 1. The van der Waals surface area contributed by atoms with Crippen LogP contribution in [-0.2, 0) is 24.8 Å². The number of nitrogens with zero attached hydrogens (tertiary/aromatic N) is 8. The summed E-state index contributed by atoms with van der Waals surface area (Å²) >= 11 is 0. The fourth-order valence-corrected chi connectivity index (χ4v) is 7.00. The summed E-state index contributed by atoms with van der Waals surface area (Å²) in [7, 11) is 4.12. The molecule has 2 atom stereocenters. The fourth-order valence-electron chi connectivity index (χ4n) is 7.00. The van der Waals surface area contributed by atoms with Gasteiger partial charge in [-0.3, -0.25) is 9.48 Å². The van der Waals surface area contributed by atoms with Crippen LogP contribution >= 0.6 is 0 Å². The van der Waals surface area contributed by atoms with E-state index in [-0.39, 0.29) is 11.9 Å². The van der Waals surface area contributed by atoms with Crippen LogP contribution in [0.3, 0.4) is 0 Å². The lowest BCUT2D eigenvalue weighted by Gasteiger charge is -2.42. The molecule has 2 aromatic heterocycles. The van der Waals surface area contributed by atoms with Crippen molar-refractivity contribution in [2.24, 2.45) is 7.05 Å². The molecule has 10 nitrogen and oxygen atoms in total. The van der Waals surface area contributed by atoms with E-state index < -0.39 is 0 Å². The number of aromatic nitrogens is 3. The Kier molecular flexibility index (Phi) is 7.54. The third-order valence-electron chi connectivity index (χ3n) is 9.28. The van der Waals surface area contributed by atoms with Crippen molar-refractivity contribution >= 4 is 28.2 Å². The summed E-state index contributed by atoms with van der Waals surface area (Å²) in [4.78, 5) is 26.4. The number of rotatable bonds is 6. The van der Waals surface area contributed by atoms with Crippen LogP contribution in [0.4, 0.5) is 11.4 Å². The van der Waals surface area contributed by atoms with Gasteiger partial charge in [-0.05, 0) is 58.3 Å². The van der Waals surface area contributed by atoms with Crippen molar-refractivity contribution in [1.29, 1.82) is 5.26 Å². The lowest BCUT2D eigenvalue weighted by Crippen LogP contribution is -2.54. The van der Waals surface area contributed by atoms with Gasteiger partial charge in [0.1, 0.15) is 18.2 Å². The maximum absolute atomic E-state index is 12.5. The van der Waals surface area contributed by atoms with Gasteiger partial charge >= 0.3 is 0 Å². The Balaban J connectivity index is 1.40. The van der Waals surface area contributed by atoms with Gasteiger partial charge < -0.3 is 24.3 Å². The van der Waals surface area contributed by atoms with E-state index in [0.717, 1.165) is 60.2 Å². The number of likely N-dealkylation sites (N-methyl/N-ethyl adjacent to an activating group) is 1. The number of hydrogen-bond acceptors (Lipinski definition) is 8. The van der Waals surface area contributed by atoms with Gasteiger partial charge in [-0.2, -0.15) is 10.4 Å². The zero-order valence-electron chi connectivity index (χ0n) is 25.1. The fraction of sp³-hybridized carbons (Fsp3) is 0.500. The minimum atomic E-state index is -0.0560. The molecule has 3 aliphatic rings. The van der Waals surface area contributed by atoms with Crippen molar-refractivity contribution in [3.8, 4) is 11.9 Å². The molecule has 2 unspecified atom stereocenters. The summed E-state index contributed by atoms with van der Waals surface area (Å²) in [6.45, 7) is 12.7. The Morgan fingerprint density at radius 2 is 2.02 bits per heavy atom. The van der Waals surface area contributed by atoms with Gasteiger partial charge in [0, 0.05) is 56.3 Å². The van der Waals surface area contributed by atoms with Crippen molar-refractivity contribution in [2.75, 3.05) is 56.2 Å². The minimum Gasteiger partial charge on any atom is -0.475 e. The largest absolute Gasteiger partial charge is 0.475 e. The van der Waals surface area contributed by atoms with Gasteiger partial charge in [0.15, 0.2) is 0 Å². The van der Waals surface area contributed by atoms with Gasteiger partial charge in [0.25, 0.3) is 0 Å². The van der Waals surface area contributed by atoms with Crippen LogP contribution in [0.1, 0.15) is 42.1 Å². The molecule has 0 radical (unpaired) electrons. The highest BCUT2D eigenvalue weighted by atomic mass is 16.5. The third kappa shape index (κ3) is 4.86. The Labute approximate surface area is 247 Å². The van der Waals surface area contributed by atoms with E-state index in [1.807, 2.05) is 22.8 Å². The van der Waals surface area contributed by atoms with Crippen molar-refractivity contribution in [2.45, 2.75) is 51.7 Å². The number of likely N-dealkylation sites (tertiary alicyclic amines) is 1. The molecule has 0 N–H and O–H groups in total. The van der Waals surface area contributed by atoms with E-state index in [4.69, 9.17) is 9.72 Å². The molecule has 1 amide bonds. The standard InChI is InChI=1S/C32H40N8O2/c1-6-28(41)40-15-14-39(18-22(40)3)31-25-11-13-38(29-21(2)9-10-23-17-34-37(5)30(23)29)19-27(25)35-32(26(31)16-33)42-20-24-8-7-12-36(24)4/h6,9-10,17,22,24H,1,7-8,11-15,18-20H2,2-5H3. The van der Waals surface area contributed by atoms with Crippen molar-refractivity contribution in [1.82, 2.24) is 24.6 Å². The van der Waals surface area contributed by atoms with Crippen LogP contribution in [0.15, 0.2) is 31.0 Å². The number of hydrogen-bond donors (Lipinski definition) is 0. The zero-order chi connectivity index (χ0) is 29.5. The number of fused-ring (bicyclic) bond motifs is 2. The molecular weight excluding hydrogens is 528 g/mol. The SMILES string of the molecule is C=CC(=O)N1CCN(c2c(C#N)c(OCC3CCCN3C)nc3c2CCN(c2c(C)ccc4cnn(C)c24)C3)CC1C. The van der Waals surface area contributed by atoms with Crippen molar-refractivity contribution in [3.05, 3.63) is 53.4 Å². The van der Waals surface area contributed by atoms with Gasteiger partial charge in [-0.1, -0.05) is 18.7 Å². The van der Waals surface area contributed by atoms with Crippen LogP contribution in [0.2, 0.25) is 0 Å². The van der Waals surface area contributed by atoms with E-state index in [1.54, 1.807) is 0 Å². The highest BCUT2D eigenvalue weighted by Gasteiger charge is 2.34. The van der Waals surface area contributed by atoms with Gasteiger partial charge in [0.05, 0.1) is 35.3 Å². The molecule has 2 saturated heterocycles. The maximum Gasteiger partial charge on any atom is 0.246 e. The molecule has 1 aromatic carbocycles. The predicted molar refractivity (Wildman–Crippen MR) is 164 cm³/mol. The number of amides is 1. The van der Waals surface area contributed by atoms with E-state index in [2.05, 4.69) is 65.5 Å². The second-order valence-corrected chi connectivity index (χ2v) is 11.9. The van der Waals surface area contributed by atoms with Crippen LogP contribution in [0.5, 0.6) is 5.88 Å². The van der Waals surface area contributed by atoms with Crippen LogP contribution in [0.25, 0.3) is 10.9 Å². The number of carbonyl (C=O) groups is 1. The molecule has 2 fully saturated rings. The molecule has 5 heterocycles. The Hall–Kier alpha value is -4.10. The summed E-state index contributed by atoms with van der Waals surface area (Å²) in [5, 5.41) is 16.1. The van der Waals surface area contributed by atoms with E-state index in [9.17, 15) is 10.1 Å². The molecular formula is C32H40N8O2. The van der Waals surface area contributed by atoms with Crippen LogP contribution in [-0.4, -0.2) is 88.9 Å². The molecule has 0 saturated carbocycles. The molecule has 42 heavy (non-hydrogen) atoms. The molecule has 6 rings (SSSR count). The first-order chi connectivity index (χ1) is 20.3. The minimum absolute atomic E-state index is 0.0127. The average Bonchev–Trinajstić information content (AvgIpc) is 3.58. The first-order valence-corrected chi connectivity index (χ1v) is 14.9. The summed E-state index contributed by atoms with van der Waals surface area (Å²) in [6.07, 6.45) is 6.28. The second kappa shape index (κ2) is 11.3. The molecule has 0 spiro atoms. The summed E-state index contributed by atoms with van der Waals surface area (Å²) in [5.41, 5.74) is 6.96. The smallest absolute Gasteiger partial charge is 0.246 e. The Morgan fingerprint density at radius 3 is 2.74 bits per heavy atom. The first-order valence-electron chi connectivity index (χ1n) is 14.9. The molecule has 0 aliphatic carbocycles. The highest BCUT2D eigenvalue weighted by molar-refractivity contribution is 5.93. The van der Waals surface area contributed by atoms with Crippen LogP contribution in [0, 0.1) is 18.3 Å². The summed E-state index contributed by atoms with van der Waals surface area (Å²) in [6, 6.07) is 7.05. The van der Waals surface area contributed by atoms with Gasteiger partial charge in [-0.25, -0.2) is 4.98 Å². The number of ether oxygens (including phenoxy) is 1. The molecule has 220 valence electrons. The number of nitriles is 1. The third-order valence-corrected chi connectivity index (χ3v) is 9.28. The summed E-state index contributed by atoms with van der Waals surface area (Å²) in [5.74, 6) is 0.362. The molecule has 3 aromatic rings. The number of aryl methyl sites for hydroxylation is 2. The second-order valence-electron chi connectivity index (χ2n) is 11.9.